The molecular formula is C34H35F2N5. The number of aromatic nitrogens is 2. The van der Waals surface area contributed by atoms with Crippen molar-refractivity contribution in [1.29, 1.82) is 5.41 Å². The molecule has 41 heavy (non-hydrogen) atoms. The van der Waals surface area contributed by atoms with E-state index in [9.17, 15) is 8.78 Å². The van der Waals surface area contributed by atoms with Gasteiger partial charge in [0, 0.05) is 54.1 Å². The van der Waals surface area contributed by atoms with Gasteiger partial charge in [-0.2, -0.15) is 0 Å². The first-order chi connectivity index (χ1) is 19.6. The minimum absolute atomic E-state index is 0.0888. The van der Waals surface area contributed by atoms with Gasteiger partial charge in [0.05, 0.1) is 18.0 Å². The lowest BCUT2D eigenvalue weighted by atomic mass is 9.94. The van der Waals surface area contributed by atoms with Crippen molar-refractivity contribution in [2.24, 2.45) is 5.92 Å². The number of benzene rings is 2. The Labute approximate surface area is 239 Å². The number of pyridine rings is 1. The standard InChI is InChI=1S/C34H35F2N5/c1-4-22(2)16-26(17-23(3)20-41-15-12-34(35,36)21-41)25-8-9-30(37)29(18-25)33(38)32-19-28-27(6-5-7-31(28)40-32)24-10-13-39-14-11-24/h4-11,13-14,16-19,22,38,40H,1,12,15,20-21,37H2,2-3H3/b23-17+,26-16+,38-33?/t22-/m0/s1. The Morgan fingerprint density at radius 1 is 1.20 bits per heavy atom. The number of hydrogen-bond acceptors (Lipinski definition) is 4. The second-order valence-corrected chi connectivity index (χ2v) is 10.9. The van der Waals surface area contributed by atoms with Crippen molar-refractivity contribution in [2.45, 2.75) is 26.2 Å². The summed E-state index contributed by atoms with van der Waals surface area (Å²) in [4.78, 5) is 9.32. The molecule has 0 bridgehead atoms. The van der Waals surface area contributed by atoms with Crippen LogP contribution < -0.4 is 5.73 Å². The molecule has 2 aromatic carbocycles. The molecule has 1 aliphatic rings. The molecule has 0 unspecified atom stereocenters. The molecule has 210 valence electrons. The summed E-state index contributed by atoms with van der Waals surface area (Å²) in [5, 5.41) is 10.1. The summed E-state index contributed by atoms with van der Waals surface area (Å²) in [6, 6.07) is 17.7. The van der Waals surface area contributed by atoms with Gasteiger partial charge < -0.3 is 10.7 Å². The maximum atomic E-state index is 13.7. The number of H-pyrrole nitrogens is 1. The molecule has 4 N–H and O–H groups in total. The zero-order valence-electron chi connectivity index (χ0n) is 23.4. The van der Waals surface area contributed by atoms with E-state index in [1.54, 1.807) is 17.3 Å². The monoisotopic (exact) mass is 551 g/mol. The van der Waals surface area contributed by atoms with Gasteiger partial charge >= 0.3 is 0 Å². The van der Waals surface area contributed by atoms with Crippen LogP contribution in [0.25, 0.3) is 27.6 Å². The summed E-state index contributed by atoms with van der Waals surface area (Å²) < 4.78 is 27.5. The molecule has 1 atom stereocenters. The van der Waals surface area contributed by atoms with Gasteiger partial charge in [0.15, 0.2) is 0 Å². The van der Waals surface area contributed by atoms with Gasteiger partial charge in [-0.1, -0.05) is 48.9 Å². The van der Waals surface area contributed by atoms with E-state index in [4.69, 9.17) is 11.1 Å². The summed E-state index contributed by atoms with van der Waals surface area (Å²) in [6.07, 6.45) is 9.43. The van der Waals surface area contributed by atoms with Crippen LogP contribution in [0.5, 0.6) is 0 Å². The number of hydrogen-bond donors (Lipinski definition) is 3. The van der Waals surface area contributed by atoms with Gasteiger partial charge in [0.25, 0.3) is 5.92 Å². The maximum absolute atomic E-state index is 13.7. The molecular weight excluding hydrogens is 516 g/mol. The Hall–Kier alpha value is -4.36. The first-order valence-electron chi connectivity index (χ1n) is 13.8. The first kappa shape index (κ1) is 28.2. The lowest BCUT2D eigenvalue weighted by molar-refractivity contribution is 0.0131. The van der Waals surface area contributed by atoms with Crippen LogP contribution in [0.3, 0.4) is 0 Å². The van der Waals surface area contributed by atoms with Crippen LogP contribution in [0.1, 0.15) is 37.1 Å². The van der Waals surface area contributed by atoms with Gasteiger partial charge in [0.2, 0.25) is 0 Å². The number of nitrogens with zero attached hydrogens (tertiary/aromatic N) is 2. The predicted molar refractivity (Wildman–Crippen MR) is 165 cm³/mol. The third-order valence-electron chi connectivity index (χ3n) is 7.52. The summed E-state index contributed by atoms with van der Waals surface area (Å²) in [6.45, 7) is 8.57. The molecule has 0 aliphatic carbocycles. The van der Waals surface area contributed by atoms with E-state index < -0.39 is 5.92 Å². The molecule has 1 fully saturated rings. The minimum atomic E-state index is -2.62. The number of nitrogens with two attached hydrogens (primary N) is 1. The minimum Gasteiger partial charge on any atom is -0.398 e. The van der Waals surface area contributed by atoms with Crippen LogP contribution in [0.2, 0.25) is 0 Å². The largest absolute Gasteiger partial charge is 0.398 e. The van der Waals surface area contributed by atoms with Gasteiger partial charge in [-0.3, -0.25) is 15.3 Å². The van der Waals surface area contributed by atoms with E-state index in [2.05, 4.69) is 28.7 Å². The van der Waals surface area contributed by atoms with Gasteiger partial charge in [0.1, 0.15) is 0 Å². The second-order valence-electron chi connectivity index (χ2n) is 10.9. The quantitative estimate of drug-likeness (QED) is 0.0862. The van der Waals surface area contributed by atoms with E-state index in [0.29, 0.717) is 30.0 Å². The first-order valence-corrected chi connectivity index (χ1v) is 13.8. The fraction of sp³-hybridized carbons (Fsp3) is 0.235. The Balaban J connectivity index is 1.48. The van der Waals surface area contributed by atoms with Crippen LogP contribution in [0.15, 0.2) is 97.4 Å². The summed E-state index contributed by atoms with van der Waals surface area (Å²) in [5.74, 6) is -2.53. The molecule has 0 amide bonds. The Kier molecular flexibility index (Phi) is 7.99. The SMILES string of the molecule is C=C[C@H](C)/C=C(\C=C(/C)CN1CCC(F)(F)C1)c1ccc(N)c(C(=N)c2cc3c(-c4ccncc4)cccc3[nH]2)c1. The van der Waals surface area contributed by atoms with Crippen LogP contribution >= 0.6 is 0 Å². The molecule has 7 heteroatoms. The smallest absolute Gasteiger partial charge is 0.261 e. The van der Waals surface area contributed by atoms with Crippen molar-refractivity contribution in [2.75, 3.05) is 25.4 Å². The highest BCUT2D eigenvalue weighted by Gasteiger charge is 2.37. The number of anilines is 1. The summed E-state index contributed by atoms with van der Waals surface area (Å²) in [5.41, 5.74) is 14.3. The van der Waals surface area contributed by atoms with Crippen molar-refractivity contribution in [1.82, 2.24) is 14.9 Å². The summed E-state index contributed by atoms with van der Waals surface area (Å²) in [7, 11) is 0. The van der Waals surface area contributed by atoms with Crippen LogP contribution in [-0.2, 0) is 0 Å². The normalized spacial score (nSPS) is 16.7. The number of aromatic amines is 1. The number of allylic oxidation sites excluding steroid dienone is 4. The van der Waals surface area contributed by atoms with E-state index in [0.717, 1.165) is 38.7 Å². The van der Waals surface area contributed by atoms with Crippen LogP contribution in [0.4, 0.5) is 14.5 Å². The third-order valence-corrected chi connectivity index (χ3v) is 7.52. The number of nitrogen functional groups attached to an aromatic ring is 1. The van der Waals surface area contributed by atoms with E-state index in [1.807, 2.05) is 74.5 Å². The number of nitrogens with one attached hydrogen (secondary N) is 2. The molecule has 1 aliphatic heterocycles. The maximum Gasteiger partial charge on any atom is 0.261 e. The van der Waals surface area contributed by atoms with E-state index in [-0.39, 0.29) is 24.6 Å². The Morgan fingerprint density at radius 3 is 2.68 bits per heavy atom. The summed E-state index contributed by atoms with van der Waals surface area (Å²) >= 11 is 0. The lowest BCUT2D eigenvalue weighted by Crippen LogP contribution is -2.26. The van der Waals surface area contributed by atoms with Gasteiger partial charge in [-0.15, -0.1) is 6.58 Å². The average molecular weight is 552 g/mol. The molecule has 5 nitrogen and oxygen atoms in total. The van der Waals surface area contributed by atoms with Crippen molar-refractivity contribution >= 4 is 27.9 Å². The number of rotatable bonds is 9. The van der Waals surface area contributed by atoms with E-state index >= 15 is 0 Å². The Bertz CT molecular complexity index is 1650. The number of alkyl halides is 2. The Morgan fingerprint density at radius 2 is 1.98 bits per heavy atom. The number of fused-ring (bicyclic) bond motifs is 1. The molecule has 0 saturated carbocycles. The molecule has 1 saturated heterocycles. The molecule has 2 aromatic heterocycles. The lowest BCUT2D eigenvalue weighted by Gasteiger charge is -2.17. The third kappa shape index (κ3) is 6.36. The molecule has 0 spiro atoms. The van der Waals surface area contributed by atoms with Crippen molar-refractivity contribution < 1.29 is 8.78 Å². The highest BCUT2D eigenvalue weighted by Crippen LogP contribution is 2.32. The van der Waals surface area contributed by atoms with Crippen molar-refractivity contribution in [3.05, 3.63) is 114 Å². The zero-order chi connectivity index (χ0) is 29.1. The average Bonchev–Trinajstić information content (AvgIpc) is 3.55. The number of halogens is 2. The van der Waals surface area contributed by atoms with Crippen molar-refractivity contribution in [3.8, 4) is 11.1 Å². The highest BCUT2D eigenvalue weighted by molar-refractivity contribution is 6.15. The highest BCUT2D eigenvalue weighted by atomic mass is 19.3. The van der Waals surface area contributed by atoms with Crippen LogP contribution in [0, 0.1) is 11.3 Å². The predicted octanol–water partition coefficient (Wildman–Crippen LogP) is 7.72. The van der Waals surface area contributed by atoms with Gasteiger partial charge in [-0.05, 0) is 71.5 Å². The number of likely N-dealkylation sites (tertiary alicyclic amines) is 1. The zero-order valence-corrected chi connectivity index (χ0v) is 23.4. The van der Waals surface area contributed by atoms with Crippen molar-refractivity contribution in [3.63, 3.8) is 0 Å². The molecule has 3 heterocycles. The molecule has 4 aromatic rings. The van der Waals surface area contributed by atoms with E-state index in [1.165, 1.54) is 0 Å². The fourth-order valence-electron chi connectivity index (χ4n) is 5.36. The topological polar surface area (TPSA) is 81.8 Å². The fourth-order valence-corrected chi connectivity index (χ4v) is 5.36. The van der Waals surface area contributed by atoms with Gasteiger partial charge in [-0.25, -0.2) is 8.78 Å². The molecule has 5 rings (SSSR count). The molecule has 0 radical (unpaired) electrons. The second kappa shape index (κ2) is 11.6. The van der Waals surface area contributed by atoms with Crippen LogP contribution in [-0.4, -0.2) is 46.1 Å².